The topological polar surface area (TPSA) is 105 Å². The number of benzene rings is 1. The first-order valence-corrected chi connectivity index (χ1v) is 15.0. The fourth-order valence-corrected chi connectivity index (χ4v) is 5.41. The fourth-order valence-electron chi connectivity index (χ4n) is 5.41. The second-order valence-electron chi connectivity index (χ2n) is 11.3. The number of nitrogens with one attached hydrogen (secondary N) is 2. The largest absolute Gasteiger partial charge is 0.463 e. The highest BCUT2D eigenvalue weighted by Gasteiger charge is 2.28. The summed E-state index contributed by atoms with van der Waals surface area (Å²) in [5, 5.41) is 15.1. The molecule has 1 fully saturated rings. The number of carbonyl (C=O) groups is 3. The van der Waals surface area contributed by atoms with Gasteiger partial charge in [-0.1, -0.05) is 74.6 Å². The van der Waals surface area contributed by atoms with E-state index in [2.05, 4.69) is 23.8 Å². The highest BCUT2D eigenvalue weighted by atomic mass is 16.5. The molecule has 2 amide bonds. The van der Waals surface area contributed by atoms with Crippen molar-refractivity contribution in [2.75, 3.05) is 13.2 Å². The number of allylic oxidation sites excluding steroid dienone is 2. The average Bonchev–Trinajstić information content (AvgIpc) is 2.96. The Kier molecular flexibility index (Phi) is 16.0. The summed E-state index contributed by atoms with van der Waals surface area (Å²) in [6.45, 7) is 9.20. The molecule has 1 aliphatic rings. The summed E-state index contributed by atoms with van der Waals surface area (Å²) in [4.78, 5) is 39.1. The number of rotatable bonds is 19. The van der Waals surface area contributed by atoms with Gasteiger partial charge in [-0.05, 0) is 56.9 Å². The molecule has 0 saturated heterocycles. The van der Waals surface area contributed by atoms with E-state index in [1.165, 1.54) is 19.3 Å². The summed E-state index contributed by atoms with van der Waals surface area (Å²) in [7, 11) is 0. The van der Waals surface area contributed by atoms with E-state index in [1.807, 2.05) is 36.4 Å². The van der Waals surface area contributed by atoms with Gasteiger partial charge in [-0.25, -0.2) is 0 Å². The second-order valence-corrected chi connectivity index (χ2v) is 11.3. The molecule has 40 heavy (non-hydrogen) atoms. The number of unbranched alkanes of at least 4 members (excludes halogenated alkanes) is 1. The van der Waals surface area contributed by atoms with Gasteiger partial charge >= 0.3 is 5.97 Å². The average molecular weight is 555 g/mol. The van der Waals surface area contributed by atoms with Crippen LogP contribution in [0.1, 0.15) is 83.1 Å². The van der Waals surface area contributed by atoms with Crippen LogP contribution in [0.3, 0.4) is 0 Å². The summed E-state index contributed by atoms with van der Waals surface area (Å²) < 4.78 is 5.89. The van der Waals surface area contributed by atoms with E-state index in [0.717, 1.165) is 37.7 Å². The van der Waals surface area contributed by atoms with Crippen molar-refractivity contribution < 1.29 is 24.2 Å². The van der Waals surface area contributed by atoms with Crippen molar-refractivity contribution in [3.8, 4) is 0 Å². The summed E-state index contributed by atoms with van der Waals surface area (Å²) in [5.41, 5.74) is 1.09. The maximum absolute atomic E-state index is 13.3. The second kappa shape index (κ2) is 19.2. The molecule has 2 rings (SSSR count). The van der Waals surface area contributed by atoms with Crippen LogP contribution in [-0.2, 0) is 25.5 Å². The minimum Gasteiger partial charge on any atom is -0.463 e. The third kappa shape index (κ3) is 12.9. The molecule has 7 nitrogen and oxygen atoms in total. The maximum Gasteiger partial charge on any atom is 0.309 e. The number of esters is 1. The lowest BCUT2D eigenvalue weighted by molar-refractivity contribution is -0.150. The first-order chi connectivity index (χ1) is 19.4. The Labute approximate surface area is 240 Å². The lowest BCUT2D eigenvalue weighted by atomic mass is 9.84. The third-order valence-electron chi connectivity index (χ3n) is 7.67. The van der Waals surface area contributed by atoms with Crippen LogP contribution in [0.25, 0.3) is 0 Å². The molecular weight excluding hydrogens is 504 g/mol. The zero-order valence-corrected chi connectivity index (χ0v) is 24.3. The van der Waals surface area contributed by atoms with Crippen LogP contribution in [-0.4, -0.2) is 48.2 Å². The molecule has 222 valence electrons. The van der Waals surface area contributed by atoms with E-state index in [-0.39, 0.29) is 55.4 Å². The minimum absolute atomic E-state index is 0.000578. The van der Waals surface area contributed by atoms with Gasteiger partial charge in [-0.15, -0.1) is 13.2 Å². The zero-order valence-electron chi connectivity index (χ0n) is 24.3. The van der Waals surface area contributed by atoms with Gasteiger partial charge in [-0.3, -0.25) is 14.4 Å². The molecule has 4 atom stereocenters. The Hall–Kier alpha value is -2.93. The van der Waals surface area contributed by atoms with Crippen molar-refractivity contribution >= 4 is 17.8 Å². The van der Waals surface area contributed by atoms with Gasteiger partial charge in [0.1, 0.15) is 6.61 Å². The van der Waals surface area contributed by atoms with Crippen molar-refractivity contribution in [3.63, 3.8) is 0 Å². The fraction of sp³-hybridized carbons (Fsp3) is 0.606. The Bertz CT molecular complexity index is 913. The van der Waals surface area contributed by atoms with Crippen LogP contribution in [0, 0.1) is 17.8 Å². The predicted octanol–water partition coefficient (Wildman–Crippen LogP) is 5.28. The van der Waals surface area contributed by atoms with Crippen molar-refractivity contribution in [1.29, 1.82) is 0 Å². The molecule has 1 aromatic carbocycles. The molecule has 0 heterocycles. The van der Waals surface area contributed by atoms with E-state index < -0.39 is 5.92 Å². The summed E-state index contributed by atoms with van der Waals surface area (Å²) in [5.74, 6) is -1.15. The van der Waals surface area contributed by atoms with Crippen molar-refractivity contribution in [2.45, 2.75) is 96.1 Å². The van der Waals surface area contributed by atoms with E-state index >= 15 is 0 Å². The van der Waals surface area contributed by atoms with Crippen LogP contribution in [0.5, 0.6) is 0 Å². The van der Waals surface area contributed by atoms with Crippen LogP contribution in [0.2, 0.25) is 0 Å². The number of carbonyl (C=O) groups excluding carboxylic acids is 3. The lowest BCUT2D eigenvalue weighted by Gasteiger charge is -2.28. The van der Waals surface area contributed by atoms with Gasteiger partial charge in [0.2, 0.25) is 11.8 Å². The molecule has 0 aromatic heterocycles. The Morgan fingerprint density at radius 2 is 1.77 bits per heavy atom. The number of aliphatic hydroxyl groups is 1. The van der Waals surface area contributed by atoms with Crippen molar-refractivity contribution in [3.05, 3.63) is 61.2 Å². The molecule has 0 spiro atoms. The summed E-state index contributed by atoms with van der Waals surface area (Å²) in [6.07, 6.45) is 13.4. The molecule has 3 N–H and O–H groups in total. The third-order valence-corrected chi connectivity index (χ3v) is 7.67. The number of ether oxygens (including phenoxy) is 1. The molecule has 0 radical (unpaired) electrons. The van der Waals surface area contributed by atoms with E-state index in [1.54, 1.807) is 13.0 Å². The summed E-state index contributed by atoms with van der Waals surface area (Å²) in [6, 6.07) is 9.26. The standard InChI is InChI=1S/C33H50N2O5/c1-4-6-9-19-29(20-26-15-10-7-11-16-26)33(39)40-24-30(21-27-17-12-8-13-18-27)35-32(38)28(14-5-2)22-31(37)34-25(3)23-36/h4-5,7,10-11,15-16,25,27-30,36H,1-2,6,8-9,12-14,17-24H2,3H3,(H,34,37)(H,35,38)/t25-,28+,29+,30-/m0/s1. The zero-order chi connectivity index (χ0) is 29.2. The van der Waals surface area contributed by atoms with Crippen molar-refractivity contribution in [1.82, 2.24) is 10.6 Å². The normalized spacial score (nSPS) is 16.6. The van der Waals surface area contributed by atoms with Gasteiger partial charge in [0.05, 0.1) is 24.5 Å². The van der Waals surface area contributed by atoms with E-state index in [0.29, 0.717) is 25.2 Å². The number of aliphatic hydroxyl groups excluding tert-OH is 1. The van der Waals surface area contributed by atoms with Gasteiger partial charge in [0.15, 0.2) is 0 Å². The number of hydrogen-bond acceptors (Lipinski definition) is 5. The number of hydrogen-bond donors (Lipinski definition) is 3. The molecule has 0 aliphatic heterocycles. The van der Waals surface area contributed by atoms with E-state index in [4.69, 9.17) is 4.74 Å². The van der Waals surface area contributed by atoms with Crippen LogP contribution < -0.4 is 10.6 Å². The first-order valence-electron chi connectivity index (χ1n) is 15.0. The summed E-state index contributed by atoms with van der Waals surface area (Å²) >= 11 is 0. The van der Waals surface area contributed by atoms with Gasteiger partial charge in [0.25, 0.3) is 0 Å². The molecule has 1 aromatic rings. The van der Waals surface area contributed by atoms with E-state index in [9.17, 15) is 19.5 Å². The number of amides is 2. The Balaban J connectivity index is 2.08. The molecule has 1 saturated carbocycles. The molecule has 0 unspecified atom stereocenters. The molecular formula is C33H50N2O5. The SMILES string of the molecule is C=CCCC[C@H](Cc1ccccc1)C(=O)OC[C@H](CC1CCCCC1)NC(=O)[C@H](CC=C)CC(=O)N[C@@H](C)CO. The van der Waals surface area contributed by atoms with Crippen LogP contribution in [0.15, 0.2) is 55.6 Å². The smallest absolute Gasteiger partial charge is 0.309 e. The molecule has 1 aliphatic carbocycles. The highest BCUT2D eigenvalue weighted by Crippen LogP contribution is 2.28. The van der Waals surface area contributed by atoms with Crippen LogP contribution in [0.4, 0.5) is 0 Å². The highest BCUT2D eigenvalue weighted by molar-refractivity contribution is 5.86. The quantitative estimate of drug-likeness (QED) is 0.123. The monoisotopic (exact) mass is 554 g/mol. The molecule has 0 bridgehead atoms. The minimum atomic E-state index is -0.585. The lowest BCUT2D eigenvalue weighted by Crippen LogP contribution is -2.45. The van der Waals surface area contributed by atoms with Gasteiger partial charge in [0, 0.05) is 12.5 Å². The Morgan fingerprint density at radius 1 is 1.05 bits per heavy atom. The van der Waals surface area contributed by atoms with Gasteiger partial charge < -0.3 is 20.5 Å². The Morgan fingerprint density at radius 3 is 2.42 bits per heavy atom. The molecule has 7 heteroatoms. The maximum atomic E-state index is 13.3. The van der Waals surface area contributed by atoms with Crippen LogP contribution >= 0.6 is 0 Å². The van der Waals surface area contributed by atoms with Gasteiger partial charge in [-0.2, -0.15) is 0 Å². The first kappa shape index (κ1) is 33.3. The predicted molar refractivity (Wildman–Crippen MR) is 159 cm³/mol. The van der Waals surface area contributed by atoms with Crippen molar-refractivity contribution in [2.24, 2.45) is 17.8 Å².